The number of urea groups is 1. The maximum absolute atomic E-state index is 11.0. The summed E-state index contributed by atoms with van der Waals surface area (Å²) in [6, 6.07) is 6.96. The van der Waals surface area contributed by atoms with Gasteiger partial charge in [-0.25, -0.2) is 4.79 Å². The Hall–Kier alpha value is -2.24. The Morgan fingerprint density at radius 1 is 1.31 bits per heavy atom. The molecular weight excluding hydrogens is 206 g/mol. The summed E-state index contributed by atoms with van der Waals surface area (Å²) in [5.41, 5.74) is 12.3. The highest BCUT2D eigenvalue weighted by molar-refractivity contribution is 5.93. The molecule has 16 heavy (non-hydrogen) atoms. The van der Waals surface area contributed by atoms with E-state index >= 15 is 0 Å². The van der Waals surface area contributed by atoms with E-state index in [0.717, 1.165) is 5.56 Å². The van der Waals surface area contributed by atoms with Crippen molar-refractivity contribution in [3.63, 3.8) is 0 Å². The third kappa shape index (κ3) is 4.32. The number of carbonyl (C=O) groups is 1. The third-order valence-electron chi connectivity index (χ3n) is 1.93. The second-order valence-electron chi connectivity index (χ2n) is 3.29. The summed E-state index contributed by atoms with van der Waals surface area (Å²) < 4.78 is 0. The normalized spacial score (nSPS) is 9.50. The van der Waals surface area contributed by atoms with E-state index in [2.05, 4.69) is 10.6 Å². The molecule has 0 fully saturated rings. The Labute approximate surface area is 93.5 Å². The highest BCUT2D eigenvalue weighted by Gasteiger charge is 2.00. The number of nitrogens with one attached hydrogen (secondary N) is 3. The van der Waals surface area contributed by atoms with Gasteiger partial charge in [-0.15, -0.1) is 0 Å². The maximum atomic E-state index is 11.0. The largest absolute Gasteiger partial charge is 0.399 e. The number of hydrogen-bond donors (Lipinski definition) is 5. The number of nitrogens with two attached hydrogens (primary N) is 2. The number of carbonyl (C=O) groups excluding carboxylic acids is 1. The highest BCUT2D eigenvalue weighted by atomic mass is 16.2. The zero-order chi connectivity index (χ0) is 12.0. The summed E-state index contributed by atoms with van der Waals surface area (Å²) in [6.45, 7) is 0.475. The van der Waals surface area contributed by atoms with Gasteiger partial charge in [0, 0.05) is 12.2 Å². The molecule has 0 saturated carbocycles. The lowest BCUT2D eigenvalue weighted by Gasteiger charge is -2.06. The van der Waals surface area contributed by atoms with Crippen molar-refractivity contribution in [1.29, 1.82) is 5.41 Å². The van der Waals surface area contributed by atoms with Crippen LogP contribution in [0, 0.1) is 5.41 Å². The van der Waals surface area contributed by atoms with Crippen LogP contribution in [0.1, 0.15) is 5.56 Å². The minimum atomic E-state index is -0.469. The van der Waals surface area contributed by atoms with E-state index < -0.39 is 6.03 Å². The van der Waals surface area contributed by atoms with Crippen molar-refractivity contribution in [3.8, 4) is 0 Å². The number of hydrogen-bond acceptors (Lipinski definition) is 3. The monoisotopic (exact) mass is 221 g/mol. The molecule has 1 rings (SSSR count). The van der Waals surface area contributed by atoms with Gasteiger partial charge < -0.3 is 16.8 Å². The molecule has 1 aromatic rings. The Morgan fingerprint density at radius 3 is 2.50 bits per heavy atom. The molecule has 7 N–H and O–H groups in total. The van der Waals surface area contributed by atoms with Crippen molar-refractivity contribution < 1.29 is 4.79 Å². The predicted molar refractivity (Wildman–Crippen MR) is 63.0 cm³/mol. The first-order valence-corrected chi connectivity index (χ1v) is 4.81. The van der Waals surface area contributed by atoms with Gasteiger partial charge in [0.05, 0.1) is 0 Å². The minimum Gasteiger partial charge on any atom is -0.399 e. The molecule has 0 spiro atoms. The number of rotatable bonds is 3. The van der Waals surface area contributed by atoms with Gasteiger partial charge in [0.15, 0.2) is 5.96 Å². The zero-order valence-corrected chi connectivity index (χ0v) is 8.79. The van der Waals surface area contributed by atoms with Crippen LogP contribution >= 0.6 is 0 Å². The van der Waals surface area contributed by atoms with Gasteiger partial charge in [0.1, 0.15) is 0 Å². The first-order chi connectivity index (χ1) is 7.58. The van der Waals surface area contributed by atoms with E-state index in [9.17, 15) is 4.79 Å². The van der Waals surface area contributed by atoms with Crippen LogP contribution in [0.25, 0.3) is 0 Å². The van der Waals surface area contributed by atoms with Crippen molar-refractivity contribution in [1.82, 2.24) is 10.6 Å². The molecule has 6 heteroatoms. The average molecular weight is 221 g/mol. The summed E-state index contributed by atoms with van der Waals surface area (Å²) in [4.78, 5) is 11.0. The van der Waals surface area contributed by atoms with Crippen molar-refractivity contribution in [2.45, 2.75) is 6.42 Å². The van der Waals surface area contributed by atoms with Gasteiger partial charge in [-0.2, -0.15) is 0 Å². The van der Waals surface area contributed by atoms with Crippen LogP contribution in [0.5, 0.6) is 0 Å². The van der Waals surface area contributed by atoms with E-state index in [4.69, 9.17) is 16.9 Å². The van der Waals surface area contributed by atoms with Gasteiger partial charge in [-0.3, -0.25) is 10.7 Å². The van der Waals surface area contributed by atoms with E-state index in [1.54, 1.807) is 0 Å². The highest BCUT2D eigenvalue weighted by Crippen LogP contribution is 2.05. The number of guanidine groups is 1. The Morgan fingerprint density at radius 2 is 1.94 bits per heavy atom. The van der Waals surface area contributed by atoms with Gasteiger partial charge in [-0.1, -0.05) is 12.1 Å². The molecule has 0 aliphatic rings. The first kappa shape index (κ1) is 11.8. The minimum absolute atomic E-state index is 0.370. The lowest BCUT2D eigenvalue weighted by Crippen LogP contribution is -2.43. The SMILES string of the molecule is N=C(N)NC(=O)NCCc1ccc(N)cc1. The molecule has 86 valence electrons. The second-order valence-corrected chi connectivity index (χ2v) is 3.29. The number of nitrogen functional groups attached to an aromatic ring is 1. The molecule has 0 heterocycles. The Balaban J connectivity index is 2.28. The molecule has 0 radical (unpaired) electrons. The number of amides is 2. The van der Waals surface area contributed by atoms with Crippen LogP contribution in [0.3, 0.4) is 0 Å². The van der Waals surface area contributed by atoms with E-state index in [1.807, 2.05) is 24.3 Å². The quantitative estimate of drug-likeness (QED) is 0.281. The first-order valence-electron chi connectivity index (χ1n) is 4.81. The van der Waals surface area contributed by atoms with Crippen molar-refractivity contribution >= 4 is 17.7 Å². The van der Waals surface area contributed by atoms with Gasteiger partial charge in [0.25, 0.3) is 0 Å². The van der Waals surface area contributed by atoms with E-state index in [1.165, 1.54) is 0 Å². The van der Waals surface area contributed by atoms with Crippen LogP contribution < -0.4 is 22.1 Å². The van der Waals surface area contributed by atoms with E-state index in [0.29, 0.717) is 18.7 Å². The molecule has 6 nitrogen and oxygen atoms in total. The van der Waals surface area contributed by atoms with Crippen molar-refractivity contribution in [2.24, 2.45) is 5.73 Å². The summed E-state index contributed by atoms with van der Waals surface area (Å²) in [5.74, 6) is -0.370. The maximum Gasteiger partial charge on any atom is 0.321 e. The predicted octanol–water partition coefficient (Wildman–Crippen LogP) is 0.00397. The fourth-order valence-electron chi connectivity index (χ4n) is 1.17. The van der Waals surface area contributed by atoms with Gasteiger partial charge in [0.2, 0.25) is 0 Å². The van der Waals surface area contributed by atoms with Crippen LogP contribution in [0.2, 0.25) is 0 Å². The Kier molecular flexibility index (Phi) is 4.14. The second kappa shape index (κ2) is 5.59. The zero-order valence-electron chi connectivity index (χ0n) is 8.79. The molecule has 0 aliphatic carbocycles. The lowest BCUT2D eigenvalue weighted by atomic mass is 10.1. The van der Waals surface area contributed by atoms with Crippen LogP contribution in [-0.4, -0.2) is 18.5 Å². The van der Waals surface area contributed by atoms with Crippen molar-refractivity contribution in [3.05, 3.63) is 29.8 Å². The van der Waals surface area contributed by atoms with E-state index in [-0.39, 0.29) is 5.96 Å². The number of anilines is 1. The molecule has 0 saturated heterocycles. The topological polar surface area (TPSA) is 117 Å². The van der Waals surface area contributed by atoms with Crippen LogP contribution in [0.15, 0.2) is 24.3 Å². The van der Waals surface area contributed by atoms with Crippen molar-refractivity contribution in [2.75, 3.05) is 12.3 Å². The average Bonchev–Trinajstić information content (AvgIpc) is 2.20. The molecule has 0 aromatic heterocycles. The summed E-state index contributed by atoms with van der Waals surface area (Å²) >= 11 is 0. The summed E-state index contributed by atoms with van der Waals surface area (Å²) in [6.07, 6.45) is 0.700. The summed E-state index contributed by atoms with van der Waals surface area (Å²) in [5, 5.41) is 11.5. The molecule has 0 atom stereocenters. The molecule has 0 unspecified atom stereocenters. The van der Waals surface area contributed by atoms with Gasteiger partial charge >= 0.3 is 6.03 Å². The van der Waals surface area contributed by atoms with Crippen LogP contribution in [-0.2, 0) is 6.42 Å². The molecular formula is C10H15N5O. The molecule has 0 aliphatic heterocycles. The number of benzene rings is 1. The molecule has 2 amide bonds. The fourth-order valence-corrected chi connectivity index (χ4v) is 1.17. The fraction of sp³-hybridized carbons (Fsp3) is 0.200. The lowest BCUT2D eigenvalue weighted by molar-refractivity contribution is 0.245. The van der Waals surface area contributed by atoms with Crippen LogP contribution in [0.4, 0.5) is 10.5 Å². The Bertz CT molecular complexity index is 373. The third-order valence-corrected chi connectivity index (χ3v) is 1.93. The summed E-state index contributed by atoms with van der Waals surface area (Å²) in [7, 11) is 0. The standard InChI is InChI=1S/C10H15N5O/c11-8-3-1-7(2-4-8)5-6-14-10(16)15-9(12)13/h1-4H,5-6,11H2,(H5,12,13,14,15,16). The molecule has 1 aromatic carbocycles. The van der Waals surface area contributed by atoms with Gasteiger partial charge in [-0.05, 0) is 24.1 Å². The smallest absolute Gasteiger partial charge is 0.321 e. The molecule has 0 bridgehead atoms.